The summed E-state index contributed by atoms with van der Waals surface area (Å²) >= 11 is 0. The van der Waals surface area contributed by atoms with Crippen molar-refractivity contribution in [3.05, 3.63) is 29.8 Å². The molecule has 0 saturated carbocycles. The smallest absolute Gasteiger partial charge is 0.325 e. The van der Waals surface area contributed by atoms with Crippen LogP contribution >= 0.6 is 0 Å². The van der Waals surface area contributed by atoms with Crippen molar-refractivity contribution in [1.82, 2.24) is 5.32 Å². The van der Waals surface area contributed by atoms with Crippen LogP contribution in [0.2, 0.25) is 0 Å². The van der Waals surface area contributed by atoms with Gasteiger partial charge in [0, 0.05) is 25.3 Å². The molecule has 1 aliphatic heterocycles. The highest BCUT2D eigenvalue weighted by Crippen LogP contribution is 2.24. The lowest BCUT2D eigenvalue weighted by Gasteiger charge is -2.26. The highest BCUT2D eigenvalue weighted by Gasteiger charge is 2.28. The van der Waals surface area contributed by atoms with E-state index in [9.17, 15) is 4.79 Å². The van der Waals surface area contributed by atoms with E-state index in [0.29, 0.717) is 6.54 Å². The minimum atomic E-state index is -0.674. The Bertz CT molecular complexity index is 465. The van der Waals surface area contributed by atoms with Gasteiger partial charge in [-0.25, -0.2) is 0 Å². The molecule has 1 N–H and O–H groups in total. The van der Waals surface area contributed by atoms with Crippen molar-refractivity contribution in [2.75, 3.05) is 25.1 Å². The van der Waals surface area contributed by atoms with Crippen LogP contribution in [0.1, 0.15) is 32.3 Å². The number of nitrogens with one attached hydrogen (secondary N) is 1. The van der Waals surface area contributed by atoms with E-state index < -0.39 is 5.54 Å². The maximum Gasteiger partial charge on any atom is 0.325 e. The third kappa shape index (κ3) is 3.31. The molecule has 4 heteroatoms. The van der Waals surface area contributed by atoms with Gasteiger partial charge in [-0.3, -0.25) is 10.1 Å². The average Bonchev–Trinajstić information content (AvgIpc) is 2.98. The number of carbonyl (C=O) groups excluding carboxylic acids is 1. The van der Waals surface area contributed by atoms with Crippen LogP contribution in [-0.2, 0) is 16.1 Å². The lowest BCUT2D eigenvalue weighted by Crippen LogP contribution is -2.47. The highest BCUT2D eigenvalue weighted by molar-refractivity contribution is 5.79. The zero-order valence-corrected chi connectivity index (χ0v) is 12.6. The molecule has 0 aromatic heterocycles. The van der Waals surface area contributed by atoms with Gasteiger partial charge in [-0.05, 0) is 38.3 Å². The van der Waals surface area contributed by atoms with E-state index >= 15 is 0 Å². The molecular formula is C16H24N2O2. The zero-order valence-electron chi connectivity index (χ0n) is 12.6. The minimum Gasteiger partial charge on any atom is -0.468 e. The summed E-state index contributed by atoms with van der Waals surface area (Å²) in [4.78, 5) is 14.1. The van der Waals surface area contributed by atoms with Gasteiger partial charge in [0.05, 0.1) is 7.11 Å². The normalized spacial score (nSPS) is 15.4. The molecule has 1 aromatic carbocycles. The van der Waals surface area contributed by atoms with E-state index in [1.807, 2.05) is 19.9 Å². The molecule has 110 valence electrons. The number of hydrogen-bond donors (Lipinski definition) is 1. The van der Waals surface area contributed by atoms with Gasteiger partial charge in [0.1, 0.15) is 5.54 Å². The minimum absolute atomic E-state index is 0.240. The molecule has 0 amide bonds. The summed E-state index contributed by atoms with van der Waals surface area (Å²) < 4.78 is 4.82. The van der Waals surface area contributed by atoms with E-state index in [2.05, 4.69) is 28.4 Å². The Kier molecular flexibility index (Phi) is 4.65. The number of nitrogens with zero attached hydrogens (tertiary/aromatic N) is 1. The van der Waals surface area contributed by atoms with Crippen molar-refractivity contribution in [2.24, 2.45) is 0 Å². The van der Waals surface area contributed by atoms with Gasteiger partial charge in [-0.2, -0.15) is 0 Å². The largest absolute Gasteiger partial charge is 0.468 e. The average molecular weight is 276 g/mol. The second kappa shape index (κ2) is 6.27. The van der Waals surface area contributed by atoms with Gasteiger partial charge >= 0.3 is 5.97 Å². The zero-order chi connectivity index (χ0) is 14.6. The Hall–Kier alpha value is -1.55. The summed E-state index contributed by atoms with van der Waals surface area (Å²) in [5.41, 5.74) is 1.83. The maximum atomic E-state index is 11.7. The van der Waals surface area contributed by atoms with Crippen LogP contribution in [0.15, 0.2) is 24.3 Å². The predicted octanol–water partition coefficient (Wildman–Crippen LogP) is 2.33. The summed E-state index contributed by atoms with van der Waals surface area (Å²) in [6.07, 6.45) is 2.52. The molecule has 0 radical (unpaired) electrons. The van der Waals surface area contributed by atoms with Gasteiger partial charge in [-0.1, -0.05) is 18.2 Å². The van der Waals surface area contributed by atoms with Crippen LogP contribution in [0.5, 0.6) is 0 Å². The summed E-state index contributed by atoms with van der Waals surface area (Å²) in [5, 5.41) is 3.29. The molecule has 0 unspecified atom stereocenters. The molecule has 2 rings (SSSR count). The predicted molar refractivity (Wildman–Crippen MR) is 80.8 cm³/mol. The van der Waals surface area contributed by atoms with Crippen LogP contribution in [0.4, 0.5) is 5.69 Å². The van der Waals surface area contributed by atoms with E-state index in [-0.39, 0.29) is 5.97 Å². The van der Waals surface area contributed by atoms with Crippen molar-refractivity contribution in [1.29, 1.82) is 0 Å². The Labute approximate surface area is 121 Å². The number of ether oxygens (including phenoxy) is 1. The van der Waals surface area contributed by atoms with Crippen LogP contribution in [-0.4, -0.2) is 31.7 Å². The van der Waals surface area contributed by atoms with E-state index in [4.69, 9.17) is 4.74 Å². The Morgan fingerprint density at radius 3 is 2.60 bits per heavy atom. The molecule has 0 aliphatic carbocycles. The van der Waals surface area contributed by atoms with Crippen molar-refractivity contribution in [2.45, 2.75) is 38.8 Å². The van der Waals surface area contributed by atoms with E-state index in [1.165, 1.54) is 31.2 Å². The summed E-state index contributed by atoms with van der Waals surface area (Å²) in [6, 6.07) is 8.39. The van der Waals surface area contributed by atoms with Gasteiger partial charge in [0.15, 0.2) is 0 Å². The first-order chi connectivity index (χ1) is 9.54. The second-order valence-corrected chi connectivity index (χ2v) is 5.79. The van der Waals surface area contributed by atoms with Crippen LogP contribution in [0, 0.1) is 0 Å². The molecule has 1 aromatic rings. The molecule has 20 heavy (non-hydrogen) atoms. The summed E-state index contributed by atoms with van der Waals surface area (Å²) in [5.74, 6) is -0.240. The molecule has 0 bridgehead atoms. The quantitative estimate of drug-likeness (QED) is 0.838. The van der Waals surface area contributed by atoms with Crippen LogP contribution < -0.4 is 10.2 Å². The lowest BCUT2D eigenvalue weighted by molar-refractivity contribution is -0.147. The van der Waals surface area contributed by atoms with E-state index in [0.717, 1.165) is 13.1 Å². The van der Waals surface area contributed by atoms with E-state index in [1.54, 1.807) is 0 Å². The molecule has 1 saturated heterocycles. The van der Waals surface area contributed by atoms with Crippen LogP contribution in [0.25, 0.3) is 0 Å². The van der Waals surface area contributed by atoms with Gasteiger partial charge in [0.25, 0.3) is 0 Å². The number of rotatable bonds is 5. The number of hydrogen-bond acceptors (Lipinski definition) is 4. The SMILES string of the molecule is COC(=O)C(C)(C)NCc1ccccc1N1CCCC1. The fraction of sp³-hybridized carbons (Fsp3) is 0.562. The standard InChI is InChI=1S/C16H24N2O2/c1-16(2,15(19)20-3)17-12-13-8-4-5-9-14(13)18-10-6-7-11-18/h4-5,8-9,17H,6-7,10-12H2,1-3H3. The van der Waals surface area contributed by atoms with Crippen LogP contribution in [0.3, 0.4) is 0 Å². The highest BCUT2D eigenvalue weighted by atomic mass is 16.5. The first-order valence-electron chi connectivity index (χ1n) is 7.21. The molecule has 0 spiro atoms. The molecule has 0 atom stereocenters. The third-order valence-corrected chi connectivity index (χ3v) is 3.85. The fourth-order valence-electron chi connectivity index (χ4n) is 2.57. The molecule has 1 fully saturated rings. The summed E-state index contributed by atoms with van der Waals surface area (Å²) in [6.45, 7) is 6.60. The molecule has 4 nitrogen and oxygen atoms in total. The first kappa shape index (κ1) is 14.9. The first-order valence-corrected chi connectivity index (χ1v) is 7.21. The van der Waals surface area contributed by atoms with Gasteiger partial charge < -0.3 is 9.64 Å². The maximum absolute atomic E-state index is 11.7. The van der Waals surface area contributed by atoms with Crippen molar-refractivity contribution < 1.29 is 9.53 Å². The number of para-hydroxylation sites is 1. The Morgan fingerprint density at radius 1 is 1.30 bits per heavy atom. The number of methoxy groups -OCH3 is 1. The lowest BCUT2D eigenvalue weighted by atomic mass is 10.0. The van der Waals surface area contributed by atoms with Crippen molar-refractivity contribution in [3.63, 3.8) is 0 Å². The Balaban J connectivity index is 2.08. The van der Waals surface area contributed by atoms with Crippen molar-refractivity contribution in [3.8, 4) is 0 Å². The van der Waals surface area contributed by atoms with Gasteiger partial charge in [-0.15, -0.1) is 0 Å². The fourth-order valence-corrected chi connectivity index (χ4v) is 2.57. The van der Waals surface area contributed by atoms with Gasteiger partial charge in [0.2, 0.25) is 0 Å². The number of benzene rings is 1. The monoisotopic (exact) mass is 276 g/mol. The third-order valence-electron chi connectivity index (χ3n) is 3.85. The number of anilines is 1. The molecular weight excluding hydrogens is 252 g/mol. The summed E-state index contributed by atoms with van der Waals surface area (Å²) in [7, 11) is 1.42. The Morgan fingerprint density at radius 2 is 1.95 bits per heavy atom. The molecule has 1 aliphatic rings. The number of carbonyl (C=O) groups is 1. The second-order valence-electron chi connectivity index (χ2n) is 5.79. The van der Waals surface area contributed by atoms with Crippen molar-refractivity contribution >= 4 is 11.7 Å². The number of esters is 1. The topological polar surface area (TPSA) is 41.6 Å². The molecule has 1 heterocycles.